The zero-order valence-electron chi connectivity index (χ0n) is 12.7. The number of hydrogen-bond donors (Lipinski definition) is 1. The summed E-state index contributed by atoms with van der Waals surface area (Å²) in [5, 5.41) is 0. The summed E-state index contributed by atoms with van der Waals surface area (Å²) in [5.41, 5.74) is 0. The Kier molecular flexibility index (Phi) is 6.33. The highest BCUT2D eigenvalue weighted by Crippen LogP contribution is 2.31. The summed E-state index contributed by atoms with van der Waals surface area (Å²) < 4.78 is 73.7. The molecule has 0 spiro atoms. The van der Waals surface area contributed by atoms with Crippen molar-refractivity contribution in [3.05, 3.63) is 45.6 Å². The van der Waals surface area contributed by atoms with Crippen LogP contribution in [0.25, 0.3) is 0 Å². The number of benzene rings is 1. The van der Waals surface area contributed by atoms with Crippen LogP contribution in [0.5, 0.6) is 5.75 Å². The molecule has 0 aliphatic rings. The number of rotatable bonds is 7. The number of alkyl halides is 3. The molecule has 1 heterocycles. The van der Waals surface area contributed by atoms with Gasteiger partial charge in [-0.05, 0) is 24.3 Å². The maximum Gasteiger partial charge on any atom is 0.573 e. The van der Waals surface area contributed by atoms with E-state index in [1.807, 2.05) is 0 Å². The Morgan fingerprint density at radius 2 is 1.92 bits per heavy atom. The zero-order valence-corrected chi connectivity index (χ0v) is 15.1. The van der Waals surface area contributed by atoms with E-state index in [9.17, 15) is 21.6 Å². The first-order valence-corrected chi connectivity index (χ1v) is 9.42. The molecule has 138 valence electrons. The topological polar surface area (TPSA) is 64.6 Å². The van der Waals surface area contributed by atoms with Crippen LogP contribution in [0.3, 0.4) is 0 Å². The van der Waals surface area contributed by atoms with E-state index in [1.54, 1.807) is 12.1 Å². The van der Waals surface area contributed by atoms with E-state index in [-0.39, 0.29) is 6.54 Å². The second-order valence-electron chi connectivity index (χ2n) is 4.71. The summed E-state index contributed by atoms with van der Waals surface area (Å²) in [6.45, 7) is -0.184. The number of halogens is 4. The third kappa shape index (κ3) is 5.58. The molecule has 1 aromatic heterocycles. The molecular formula is C14H13ClF3NO4S2. The first-order valence-electron chi connectivity index (χ1n) is 6.75. The quantitative estimate of drug-likeness (QED) is 0.743. The van der Waals surface area contributed by atoms with Gasteiger partial charge in [0.2, 0.25) is 10.0 Å². The van der Waals surface area contributed by atoms with E-state index >= 15 is 0 Å². The predicted octanol–water partition coefficient (Wildman–Crippen LogP) is 3.97. The number of methoxy groups -OCH3 is 1. The van der Waals surface area contributed by atoms with E-state index in [0.717, 1.165) is 12.1 Å². The second kappa shape index (κ2) is 7.92. The molecule has 1 N–H and O–H groups in total. The standard InChI is InChI=1S/C14H13ClF3NO4S2/c1-22-10(11-6-7-13(15)24-11)8-19-25(20,21)12-5-3-2-4-9(12)23-14(16,17)18/h2-7,10,19H,8H2,1H3. The second-order valence-corrected chi connectivity index (χ2v) is 8.19. The minimum atomic E-state index is -5.01. The Bertz CT molecular complexity index is 823. The molecule has 2 aromatic rings. The Balaban J connectivity index is 2.19. The van der Waals surface area contributed by atoms with Gasteiger partial charge in [-0.15, -0.1) is 24.5 Å². The molecule has 0 fully saturated rings. The number of nitrogens with one attached hydrogen (secondary N) is 1. The van der Waals surface area contributed by atoms with Gasteiger partial charge in [-0.2, -0.15) is 0 Å². The molecule has 0 aliphatic carbocycles. The summed E-state index contributed by atoms with van der Waals surface area (Å²) in [6, 6.07) is 7.79. The van der Waals surface area contributed by atoms with Crippen LogP contribution >= 0.6 is 22.9 Å². The van der Waals surface area contributed by atoms with Crippen molar-refractivity contribution in [3.8, 4) is 5.75 Å². The van der Waals surface area contributed by atoms with Gasteiger partial charge in [0.1, 0.15) is 16.7 Å². The predicted molar refractivity (Wildman–Crippen MR) is 87.4 cm³/mol. The Morgan fingerprint density at radius 3 is 2.48 bits per heavy atom. The number of sulfonamides is 1. The number of ether oxygens (including phenoxy) is 2. The van der Waals surface area contributed by atoms with Gasteiger partial charge in [0.05, 0.1) is 4.34 Å². The lowest BCUT2D eigenvalue weighted by molar-refractivity contribution is -0.275. The van der Waals surface area contributed by atoms with Crippen molar-refractivity contribution in [1.82, 2.24) is 4.72 Å². The van der Waals surface area contributed by atoms with Gasteiger partial charge in [0, 0.05) is 18.5 Å². The van der Waals surface area contributed by atoms with E-state index in [4.69, 9.17) is 16.3 Å². The molecule has 11 heteroatoms. The van der Waals surface area contributed by atoms with Crippen molar-refractivity contribution >= 4 is 33.0 Å². The first kappa shape index (κ1) is 20.0. The molecule has 1 aromatic carbocycles. The SMILES string of the molecule is COC(CNS(=O)(=O)c1ccccc1OC(F)(F)F)c1ccc(Cl)s1. The van der Waals surface area contributed by atoms with Crippen LogP contribution in [0, 0.1) is 0 Å². The van der Waals surface area contributed by atoms with Gasteiger partial charge < -0.3 is 9.47 Å². The Morgan fingerprint density at radius 1 is 1.24 bits per heavy atom. The monoisotopic (exact) mass is 415 g/mol. The van der Waals surface area contributed by atoms with Crippen LogP contribution in [-0.2, 0) is 14.8 Å². The lowest BCUT2D eigenvalue weighted by atomic mass is 10.3. The van der Waals surface area contributed by atoms with Crippen molar-refractivity contribution in [2.24, 2.45) is 0 Å². The van der Waals surface area contributed by atoms with Crippen LogP contribution in [0.4, 0.5) is 13.2 Å². The van der Waals surface area contributed by atoms with Gasteiger partial charge in [-0.25, -0.2) is 13.1 Å². The lowest BCUT2D eigenvalue weighted by Gasteiger charge is -2.17. The van der Waals surface area contributed by atoms with Gasteiger partial charge in [0.25, 0.3) is 0 Å². The van der Waals surface area contributed by atoms with Crippen LogP contribution in [0.1, 0.15) is 11.0 Å². The highest BCUT2D eigenvalue weighted by atomic mass is 35.5. The average Bonchev–Trinajstić information content (AvgIpc) is 2.93. The molecule has 5 nitrogen and oxygen atoms in total. The van der Waals surface area contributed by atoms with Crippen LogP contribution in [0.15, 0.2) is 41.3 Å². The number of hydrogen-bond acceptors (Lipinski definition) is 5. The maximum atomic E-state index is 12.4. The number of thiophene rings is 1. The van der Waals surface area contributed by atoms with Crippen LogP contribution in [-0.4, -0.2) is 28.4 Å². The third-order valence-electron chi connectivity index (χ3n) is 3.02. The molecule has 0 saturated carbocycles. The molecule has 0 radical (unpaired) electrons. The summed E-state index contributed by atoms with van der Waals surface area (Å²) in [4.78, 5) is 0.0569. The third-order valence-corrected chi connectivity index (χ3v) is 5.81. The van der Waals surface area contributed by atoms with Gasteiger partial charge in [-0.3, -0.25) is 0 Å². The normalized spacial score (nSPS) is 13.6. The Hall–Kier alpha value is -1.33. The molecular weight excluding hydrogens is 403 g/mol. The summed E-state index contributed by atoms with van der Waals surface area (Å²) in [6.07, 6.45) is -5.64. The van der Waals surface area contributed by atoms with Gasteiger partial charge in [-0.1, -0.05) is 23.7 Å². The van der Waals surface area contributed by atoms with Crippen LogP contribution < -0.4 is 9.46 Å². The van der Waals surface area contributed by atoms with Gasteiger partial charge in [0.15, 0.2) is 0 Å². The molecule has 0 amide bonds. The van der Waals surface area contributed by atoms with Crippen LogP contribution in [0.2, 0.25) is 4.34 Å². The van der Waals surface area contributed by atoms with E-state index in [1.165, 1.54) is 30.6 Å². The summed E-state index contributed by atoms with van der Waals surface area (Å²) >= 11 is 7.04. The highest BCUT2D eigenvalue weighted by Gasteiger charge is 2.34. The van der Waals surface area contributed by atoms with Crippen molar-refractivity contribution < 1.29 is 31.1 Å². The fraction of sp³-hybridized carbons (Fsp3) is 0.286. The molecule has 2 rings (SSSR count). The van der Waals surface area contributed by atoms with Crippen molar-refractivity contribution in [1.29, 1.82) is 0 Å². The molecule has 0 saturated heterocycles. The molecule has 0 aliphatic heterocycles. The van der Waals surface area contributed by atoms with E-state index in [2.05, 4.69) is 9.46 Å². The molecule has 1 atom stereocenters. The van der Waals surface area contributed by atoms with E-state index in [0.29, 0.717) is 9.21 Å². The smallest absolute Gasteiger partial charge is 0.404 e. The van der Waals surface area contributed by atoms with Crippen molar-refractivity contribution in [2.45, 2.75) is 17.4 Å². The minimum absolute atomic E-state index is 0.184. The first-order chi connectivity index (χ1) is 11.6. The van der Waals surface area contributed by atoms with Gasteiger partial charge >= 0.3 is 6.36 Å². The minimum Gasteiger partial charge on any atom is -0.404 e. The molecule has 1 unspecified atom stereocenters. The van der Waals surface area contributed by atoms with Crippen molar-refractivity contribution in [2.75, 3.05) is 13.7 Å². The summed E-state index contributed by atoms with van der Waals surface area (Å²) in [5.74, 6) is -0.810. The fourth-order valence-electron chi connectivity index (χ4n) is 1.95. The number of para-hydroxylation sites is 1. The van der Waals surface area contributed by atoms with E-state index < -0.39 is 33.1 Å². The highest BCUT2D eigenvalue weighted by molar-refractivity contribution is 7.89. The largest absolute Gasteiger partial charge is 0.573 e. The molecule has 25 heavy (non-hydrogen) atoms. The molecule has 0 bridgehead atoms. The van der Waals surface area contributed by atoms with Crippen molar-refractivity contribution in [3.63, 3.8) is 0 Å². The zero-order chi connectivity index (χ0) is 18.7. The Labute approximate surface area is 151 Å². The maximum absolute atomic E-state index is 12.4. The lowest BCUT2D eigenvalue weighted by Crippen LogP contribution is -2.30. The average molecular weight is 416 g/mol. The summed E-state index contributed by atoms with van der Waals surface area (Å²) in [7, 11) is -2.87. The fourth-order valence-corrected chi connectivity index (χ4v) is 4.24.